The van der Waals surface area contributed by atoms with Crippen molar-refractivity contribution in [1.29, 1.82) is 0 Å². The van der Waals surface area contributed by atoms with Gasteiger partial charge in [-0.3, -0.25) is 4.90 Å². The smallest absolute Gasteiger partial charge is 0.416 e. The van der Waals surface area contributed by atoms with Gasteiger partial charge in [0.25, 0.3) is 0 Å². The minimum Gasteiger partial charge on any atom is -0.482 e. The fourth-order valence-electron chi connectivity index (χ4n) is 3.23. The predicted molar refractivity (Wildman–Crippen MR) is 102 cm³/mol. The zero-order chi connectivity index (χ0) is 22.7. The molecular weight excluding hydrogens is 405 g/mol. The highest BCUT2D eigenvalue weighted by Gasteiger charge is 2.32. The van der Waals surface area contributed by atoms with E-state index < -0.39 is 36.0 Å². The third kappa shape index (κ3) is 6.79. The second-order valence-electron chi connectivity index (χ2n) is 8.26. The van der Waals surface area contributed by atoms with Crippen molar-refractivity contribution in [2.24, 2.45) is 0 Å². The quantitative estimate of drug-likeness (QED) is 0.717. The van der Waals surface area contributed by atoms with Crippen LogP contribution in [-0.4, -0.2) is 64.9 Å². The van der Waals surface area contributed by atoms with E-state index in [0.717, 1.165) is 12.1 Å². The molecule has 0 saturated carbocycles. The van der Waals surface area contributed by atoms with Crippen LogP contribution >= 0.6 is 0 Å². The number of piperazine rings is 1. The van der Waals surface area contributed by atoms with Gasteiger partial charge in [-0.1, -0.05) is 0 Å². The molecule has 0 bridgehead atoms. The minimum absolute atomic E-state index is 0.130. The summed E-state index contributed by atoms with van der Waals surface area (Å²) in [6, 6.07) is 2.80. The van der Waals surface area contributed by atoms with E-state index in [4.69, 9.17) is 9.47 Å². The van der Waals surface area contributed by atoms with E-state index in [-0.39, 0.29) is 30.4 Å². The molecule has 30 heavy (non-hydrogen) atoms. The molecule has 1 heterocycles. The Kier molecular flexibility index (Phi) is 7.23. The number of carbonyl (C=O) groups excluding carboxylic acids is 1. The average molecular weight is 432 g/mol. The zero-order valence-corrected chi connectivity index (χ0v) is 17.5. The van der Waals surface area contributed by atoms with Crippen molar-refractivity contribution >= 4 is 12.1 Å². The van der Waals surface area contributed by atoms with Crippen LogP contribution in [0.5, 0.6) is 5.75 Å². The molecular formula is C20H27F3N2O5. The molecule has 1 aliphatic heterocycles. The van der Waals surface area contributed by atoms with Crippen LogP contribution in [0.15, 0.2) is 18.2 Å². The molecule has 168 valence electrons. The van der Waals surface area contributed by atoms with Gasteiger partial charge in [-0.05, 0) is 45.9 Å². The van der Waals surface area contributed by atoms with Crippen LogP contribution < -0.4 is 4.74 Å². The van der Waals surface area contributed by atoms with Gasteiger partial charge in [-0.2, -0.15) is 13.2 Å². The van der Waals surface area contributed by atoms with Gasteiger partial charge in [0.2, 0.25) is 0 Å². The monoisotopic (exact) mass is 432 g/mol. The molecule has 0 unspecified atom stereocenters. The largest absolute Gasteiger partial charge is 0.482 e. The Bertz CT molecular complexity index is 777. The topological polar surface area (TPSA) is 79.3 Å². The molecule has 1 atom stereocenters. The predicted octanol–water partition coefficient (Wildman–Crippen LogP) is 3.61. The molecule has 0 spiro atoms. The van der Waals surface area contributed by atoms with E-state index in [1.807, 2.05) is 4.90 Å². The van der Waals surface area contributed by atoms with Crippen LogP contribution in [-0.2, 0) is 22.3 Å². The normalized spacial score (nSPS) is 18.2. The highest BCUT2D eigenvalue weighted by molar-refractivity contribution is 5.71. The van der Waals surface area contributed by atoms with Crippen LogP contribution in [0.25, 0.3) is 0 Å². The first-order valence-corrected chi connectivity index (χ1v) is 9.53. The maximum absolute atomic E-state index is 13.2. The summed E-state index contributed by atoms with van der Waals surface area (Å²) in [5.74, 6) is -0.473. The van der Waals surface area contributed by atoms with Gasteiger partial charge in [0, 0.05) is 37.8 Å². The summed E-state index contributed by atoms with van der Waals surface area (Å²) in [4.78, 5) is 26.3. The molecule has 0 aliphatic carbocycles. The Morgan fingerprint density at radius 1 is 1.20 bits per heavy atom. The number of alkyl halides is 3. The molecule has 1 aromatic carbocycles. The van der Waals surface area contributed by atoms with Crippen LogP contribution in [0.1, 0.15) is 38.8 Å². The molecule has 10 heteroatoms. The Morgan fingerprint density at radius 3 is 2.40 bits per heavy atom. The summed E-state index contributed by atoms with van der Waals surface area (Å²) < 4.78 is 50.2. The molecule has 7 nitrogen and oxygen atoms in total. The summed E-state index contributed by atoms with van der Waals surface area (Å²) in [7, 11) is 0. The van der Waals surface area contributed by atoms with Crippen LogP contribution in [0.3, 0.4) is 0 Å². The van der Waals surface area contributed by atoms with E-state index >= 15 is 0 Å². The molecule has 1 amide bonds. The van der Waals surface area contributed by atoms with E-state index in [1.54, 1.807) is 27.7 Å². The van der Waals surface area contributed by atoms with E-state index in [0.29, 0.717) is 13.1 Å². The molecule has 1 saturated heterocycles. The number of rotatable bonds is 5. The second kappa shape index (κ2) is 9.11. The van der Waals surface area contributed by atoms with Crippen molar-refractivity contribution in [3.05, 3.63) is 29.3 Å². The molecule has 0 aromatic heterocycles. The Balaban J connectivity index is 2.16. The highest BCUT2D eigenvalue weighted by atomic mass is 19.4. The van der Waals surface area contributed by atoms with Crippen molar-refractivity contribution < 1.29 is 37.3 Å². The summed E-state index contributed by atoms with van der Waals surface area (Å²) in [6.45, 7) is 7.54. The van der Waals surface area contributed by atoms with Crippen molar-refractivity contribution in [3.8, 4) is 5.75 Å². The first-order valence-electron chi connectivity index (χ1n) is 9.53. The molecule has 1 aromatic rings. The van der Waals surface area contributed by atoms with Gasteiger partial charge in [-0.25, -0.2) is 9.59 Å². The first kappa shape index (κ1) is 23.8. The lowest BCUT2D eigenvalue weighted by molar-refractivity contribution is -0.157. The molecule has 1 aliphatic rings. The number of carbonyl (C=O) groups is 2. The van der Waals surface area contributed by atoms with Gasteiger partial charge < -0.3 is 19.5 Å². The summed E-state index contributed by atoms with van der Waals surface area (Å²) in [6.07, 6.45) is -5.55. The number of nitrogens with zero attached hydrogens (tertiary/aromatic N) is 2. The van der Waals surface area contributed by atoms with Crippen molar-refractivity contribution in [1.82, 2.24) is 9.80 Å². The number of amides is 1. The SMILES string of the molecule is C[C@H]1CN(Cc2cc(C(F)(F)F)ccc2OCC(=O)OC(C)(C)C)CCN1C(=O)O. The van der Waals surface area contributed by atoms with E-state index in [1.165, 1.54) is 11.0 Å². The van der Waals surface area contributed by atoms with Gasteiger partial charge in [0.1, 0.15) is 11.4 Å². The second-order valence-corrected chi connectivity index (χ2v) is 8.26. The highest BCUT2D eigenvalue weighted by Crippen LogP contribution is 2.33. The van der Waals surface area contributed by atoms with Crippen molar-refractivity contribution in [3.63, 3.8) is 0 Å². The van der Waals surface area contributed by atoms with Crippen LogP contribution in [0.4, 0.5) is 18.0 Å². The van der Waals surface area contributed by atoms with Gasteiger partial charge in [0.15, 0.2) is 6.61 Å². The molecule has 2 rings (SSSR count). The fraction of sp³-hybridized carbons (Fsp3) is 0.600. The Labute approximate surface area is 173 Å². The molecule has 1 fully saturated rings. The lowest BCUT2D eigenvalue weighted by Crippen LogP contribution is -2.53. The van der Waals surface area contributed by atoms with Crippen molar-refractivity contribution in [2.75, 3.05) is 26.2 Å². The number of halogens is 3. The summed E-state index contributed by atoms with van der Waals surface area (Å²) >= 11 is 0. The number of carboxylic acid groups (broad SMARTS) is 1. The number of hydrogen-bond donors (Lipinski definition) is 1. The fourth-order valence-corrected chi connectivity index (χ4v) is 3.23. The van der Waals surface area contributed by atoms with Gasteiger partial charge >= 0.3 is 18.2 Å². The average Bonchev–Trinajstić information content (AvgIpc) is 2.58. The number of benzene rings is 1. The van der Waals surface area contributed by atoms with Crippen molar-refractivity contribution in [2.45, 2.75) is 52.1 Å². The van der Waals surface area contributed by atoms with Gasteiger partial charge in [-0.15, -0.1) is 0 Å². The first-order chi connectivity index (χ1) is 13.8. The summed E-state index contributed by atoms with van der Waals surface area (Å²) in [5.41, 5.74) is -1.26. The number of hydrogen-bond acceptors (Lipinski definition) is 5. The zero-order valence-electron chi connectivity index (χ0n) is 17.5. The number of ether oxygens (including phenoxy) is 2. The van der Waals surface area contributed by atoms with E-state index in [9.17, 15) is 27.9 Å². The Hall–Kier alpha value is -2.49. The summed E-state index contributed by atoms with van der Waals surface area (Å²) in [5, 5.41) is 9.18. The number of esters is 1. The van der Waals surface area contributed by atoms with Crippen LogP contribution in [0.2, 0.25) is 0 Å². The van der Waals surface area contributed by atoms with Gasteiger partial charge in [0.05, 0.1) is 5.56 Å². The molecule has 1 N–H and O–H groups in total. The maximum atomic E-state index is 13.2. The maximum Gasteiger partial charge on any atom is 0.416 e. The van der Waals surface area contributed by atoms with E-state index in [2.05, 4.69) is 0 Å². The minimum atomic E-state index is -4.52. The standard InChI is InChI=1S/C20H27F3N2O5/c1-13-10-24(7-8-25(13)18(27)28)11-14-9-15(20(21,22)23)5-6-16(14)29-12-17(26)30-19(2,3)4/h5-6,9,13H,7-8,10-12H2,1-4H3,(H,27,28)/t13-/m0/s1. The third-order valence-electron chi connectivity index (χ3n) is 4.50. The third-order valence-corrected chi connectivity index (χ3v) is 4.50. The lowest BCUT2D eigenvalue weighted by atomic mass is 10.1. The van der Waals surface area contributed by atoms with Crippen LogP contribution in [0, 0.1) is 0 Å². The lowest BCUT2D eigenvalue weighted by Gasteiger charge is -2.38. The molecule has 0 radical (unpaired) electrons. The Morgan fingerprint density at radius 2 is 1.87 bits per heavy atom.